The fraction of sp³-hybridized carbons (Fsp3) is 0.750. The fourth-order valence-electron chi connectivity index (χ4n) is 1.91. The van der Waals surface area contributed by atoms with Crippen molar-refractivity contribution in [1.29, 1.82) is 0 Å². The van der Waals surface area contributed by atoms with Crippen LogP contribution < -0.4 is 0 Å². The van der Waals surface area contributed by atoms with Crippen LogP contribution in [0.1, 0.15) is 12.8 Å². The highest BCUT2D eigenvalue weighted by Gasteiger charge is 2.50. The van der Waals surface area contributed by atoms with Gasteiger partial charge in [0.15, 0.2) is 5.78 Å². The Kier molecular flexibility index (Phi) is 1.65. The highest BCUT2D eigenvalue weighted by molar-refractivity contribution is 5.92. The molecular weight excluding hydrogens is 160 g/mol. The van der Waals surface area contributed by atoms with E-state index in [0.717, 1.165) is 0 Å². The molecule has 2 saturated heterocycles. The number of esters is 1. The fourth-order valence-corrected chi connectivity index (χ4v) is 1.91. The van der Waals surface area contributed by atoms with Crippen molar-refractivity contribution in [3.8, 4) is 0 Å². The summed E-state index contributed by atoms with van der Waals surface area (Å²) in [5.74, 6) is -0.626. The van der Waals surface area contributed by atoms with E-state index in [2.05, 4.69) is 4.74 Å². The van der Waals surface area contributed by atoms with Gasteiger partial charge in [-0.3, -0.25) is 9.59 Å². The Hall–Kier alpha value is -0.900. The molecule has 0 aliphatic carbocycles. The van der Waals surface area contributed by atoms with Gasteiger partial charge < -0.3 is 9.47 Å². The van der Waals surface area contributed by atoms with Crippen LogP contribution in [0.4, 0.5) is 0 Å². The minimum atomic E-state index is -0.512. The molecule has 3 unspecified atom stereocenters. The molecule has 2 aliphatic heterocycles. The molecule has 12 heavy (non-hydrogen) atoms. The van der Waals surface area contributed by atoms with E-state index in [-0.39, 0.29) is 23.8 Å². The molecule has 4 heteroatoms. The van der Waals surface area contributed by atoms with Gasteiger partial charge in [0.1, 0.15) is 6.10 Å². The molecule has 0 saturated carbocycles. The first kappa shape index (κ1) is 7.73. The van der Waals surface area contributed by atoms with Crippen molar-refractivity contribution in [2.45, 2.75) is 25.0 Å². The van der Waals surface area contributed by atoms with E-state index in [1.807, 2.05) is 0 Å². The molecule has 2 heterocycles. The first-order valence-electron chi connectivity index (χ1n) is 3.98. The number of ketones is 1. The van der Waals surface area contributed by atoms with Crippen LogP contribution in [0.5, 0.6) is 0 Å². The Bertz CT molecular complexity index is 235. The number of hydrogen-bond donors (Lipinski definition) is 0. The van der Waals surface area contributed by atoms with Crippen LogP contribution in [-0.2, 0) is 19.1 Å². The third kappa shape index (κ3) is 0.948. The zero-order chi connectivity index (χ0) is 8.72. The summed E-state index contributed by atoms with van der Waals surface area (Å²) in [6, 6.07) is 0. The van der Waals surface area contributed by atoms with E-state index in [1.54, 1.807) is 0 Å². The summed E-state index contributed by atoms with van der Waals surface area (Å²) in [5.41, 5.74) is 0. The second kappa shape index (κ2) is 2.55. The molecule has 0 spiro atoms. The first-order chi connectivity index (χ1) is 5.72. The molecule has 2 fully saturated rings. The van der Waals surface area contributed by atoms with Gasteiger partial charge in [-0.15, -0.1) is 0 Å². The summed E-state index contributed by atoms with van der Waals surface area (Å²) in [6.07, 6.45) is 0.565. The third-order valence-corrected chi connectivity index (χ3v) is 2.47. The van der Waals surface area contributed by atoms with Gasteiger partial charge in [0.25, 0.3) is 0 Å². The van der Waals surface area contributed by atoms with Gasteiger partial charge in [0.05, 0.1) is 19.1 Å². The number of Topliss-reactive ketones (excluding diaryl/α,β-unsaturated/α-hetero) is 1. The SMILES string of the molecule is COC(=O)C1CC2CC(=O)C1O2. The van der Waals surface area contributed by atoms with E-state index in [9.17, 15) is 9.59 Å². The topological polar surface area (TPSA) is 52.6 Å². The Morgan fingerprint density at radius 3 is 2.92 bits per heavy atom. The van der Waals surface area contributed by atoms with E-state index in [4.69, 9.17) is 4.74 Å². The number of ether oxygens (including phenoxy) is 2. The maximum absolute atomic E-state index is 11.1. The summed E-state index contributed by atoms with van der Waals surface area (Å²) in [5, 5.41) is 0. The maximum Gasteiger partial charge on any atom is 0.311 e. The lowest BCUT2D eigenvalue weighted by Crippen LogP contribution is -2.32. The molecular formula is C8H10O4. The predicted octanol–water partition coefficient (Wildman–Crippen LogP) is -0.0941. The first-order valence-corrected chi connectivity index (χ1v) is 3.98. The number of hydrogen-bond acceptors (Lipinski definition) is 4. The highest BCUT2D eigenvalue weighted by atomic mass is 16.5. The van der Waals surface area contributed by atoms with E-state index in [0.29, 0.717) is 12.8 Å². The molecule has 0 amide bonds. The van der Waals surface area contributed by atoms with Crippen molar-refractivity contribution in [1.82, 2.24) is 0 Å². The number of carbonyl (C=O) groups excluding carboxylic acids is 2. The third-order valence-electron chi connectivity index (χ3n) is 2.47. The van der Waals surface area contributed by atoms with Crippen molar-refractivity contribution in [2.24, 2.45) is 5.92 Å². The smallest absolute Gasteiger partial charge is 0.311 e. The lowest BCUT2D eigenvalue weighted by molar-refractivity contribution is -0.149. The van der Waals surface area contributed by atoms with E-state index >= 15 is 0 Å². The van der Waals surface area contributed by atoms with Gasteiger partial charge >= 0.3 is 5.97 Å². The largest absolute Gasteiger partial charge is 0.469 e. The molecule has 0 aromatic rings. The molecule has 3 atom stereocenters. The van der Waals surface area contributed by atoms with Crippen LogP contribution in [0.25, 0.3) is 0 Å². The van der Waals surface area contributed by atoms with Crippen molar-refractivity contribution in [3.63, 3.8) is 0 Å². The van der Waals surface area contributed by atoms with Crippen LogP contribution in [-0.4, -0.2) is 31.1 Å². The predicted molar refractivity (Wildman–Crippen MR) is 38.4 cm³/mol. The molecule has 0 aromatic heterocycles. The number of rotatable bonds is 1. The minimum Gasteiger partial charge on any atom is -0.469 e. The summed E-state index contributed by atoms with van der Waals surface area (Å²) in [6.45, 7) is 0. The summed E-state index contributed by atoms with van der Waals surface area (Å²) < 4.78 is 9.83. The second-order valence-electron chi connectivity index (χ2n) is 3.21. The Morgan fingerprint density at radius 1 is 1.67 bits per heavy atom. The van der Waals surface area contributed by atoms with Crippen LogP contribution in [0.15, 0.2) is 0 Å². The van der Waals surface area contributed by atoms with Gasteiger partial charge in [0.2, 0.25) is 0 Å². The molecule has 66 valence electrons. The second-order valence-corrected chi connectivity index (χ2v) is 3.21. The summed E-state index contributed by atoms with van der Waals surface area (Å²) >= 11 is 0. The number of fused-ring (bicyclic) bond motifs is 2. The van der Waals surface area contributed by atoms with Gasteiger partial charge in [0, 0.05) is 6.42 Å². The van der Waals surface area contributed by atoms with Gasteiger partial charge in [-0.2, -0.15) is 0 Å². The Morgan fingerprint density at radius 2 is 2.42 bits per heavy atom. The molecule has 2 aliphatic rings. The van der Waals surface area contributed by atoms with Crippen LogP contribution in [0.2, 0.25) is 0 Å². The van der Waals surface area contributed by atoms with Crippen molar-refractivity contribution in [3.05, 3.63) is 0 Å². The normalized spacial score (nSPS) is 38.8. The Labute approximate surface area is 69.8 Å². The van der Waals surface area contributed by atoms with Crippen molar-refractivity contribution >= 4 is 11.8 Å². The lowest BCUT2D eigenvalue weighted by atomic mass is 9.88. The van der Waals surface area contributed by atoms with Crippen molar-refractivity contribution < 1.29 is 19.1 Å². The van der Waals surface area contributed by atoms with Gasteiger partial charge in [-0.25, -0.2) is 0 Å². The molecule has 2 bridgehead atoms. The molecule has 2 rings (SSSR count). The molecule has 4 nitrogen and oxygen atoms in total. The molecule has 0 N–H and O–H groups in total. The minimum absolute atomic E-state index is 0.0356. The van der Waals surface area contributed by atoms with Gasteiger partial charge in [-0.05, 0) is 6.42 Å². The zero-order valence-electron chi connectivity index (χ0n) is 6.78. The average Bonchev–Trinajstić information content (AvgIpc) is 2.60. The molecule has 0 radical (unpaired) electrons. The lowest BCUT2D eigenvalue weighted by Gasteiger charge is -2.14. The Balaban J connectivity index is 2.12. The van der Waals surface area contributed by atoms with Crippen LogP contribution in [0, 0.1) is 5.92 Å². The monoisotopic (exact) mass is 170 g/mol. The van der Waals surface area contributed by atoms with Crippen LogP contribution >= 0.6 is 0 Å². The summed E-state index contributed by atoms with van der Waals surface area (Å²) in [4.78, 5) is 22.2. The number of methoxy groups -OCH3 is 1. The van der Waals surface area contributed by atoms with Crippen LogP contribution in [0.3, 0.4) is 0 Å². The summed E-state index contributed by atoms with van der Waals surface area (Å²) in [7, 11) is 1.33. The average molecular weight is 170 g/mol. The highest BCUT2D eigenvalue weighted by Crippen LogP contribution is 2.36. The standard InChI is InChI=1S/C8H10O4/c1-11-8(10)5-2-4-3-6(9)7(5)12-4/h4-5,7H,2-3H2,1H3. The van der Waals surface area contributed by atoms with E-state index < -0.39 is 6.10 Å². The quantitative estimate of drug-likeness (QED) is 0.516. The zero-order valence-corrected chi connectivity index (χ0v) is 6.78. The molecule has 0 aromatic carbocycles. The van der Waals surface area contributed by atoms with Crippen molar-refractivity contribution in [2.75, 3.05) is 7.11 Å². The van der Waals surface area contributed by atoms with E-state index in [1.165, 1.54) is 7.11 Å². The number of carbonyl (C=O) groups is 2. The van der Waals surface area contributed by atoms with Gasteiger partial charge in [-0.1, -0.05) is 0 Å². The maximum atomic E-state index is 11.1.